The molecule has 1 N–H and O–H groups in total. The summed E-state index contributed by atoms with van der Waals surface area (Å²) in [6.07, 6.45) is 7.83. The van der Waals surface area contributed by atoms with Crippen LogP contribution in [0.5, 0.6) is 0 Å². The summed E-state index contributed by atoms with van der Waals surface area (Å²) in [7, 11) is 1.90. The fourth-order valence-electron chi connectivity index (χ4n) is 2.85. The summed E-state index contributed by atoms with van der Waals surface area (Å²) in [5, 5.41) is 4.15. The van der Waals surface area contributed by atoms with Crippen LogP contribution in [-0.2, 0) is 0 Å². The lowest BCUT2D eigenvalue weighted by atomic mass is 9.68. The average Bonchev–Trinajstić information content (AvgIpc) is 2.74. The fraction of sp³-hybridized carbons (Fsp3) is 0.923. The molecule has 4 heteroatoms. The maximum Gasteiger partial charge on any atom is 0.193 e. The molecule has 0 radical (unpaired) electrons. The van der Waals surface area contributed by atoms with Gasteiger partial charge in [-0.05, 0) is 30.9 Å². The Hall–Kier alpha value is -0.380. The van der Waals surface area contributed by atoms with Crippen LogP contribution in [0.1, 0.15) is 32.6 Å². The molecule has 2 rings (SSSR count). The van der Waals surface area contributed by atoms with Gasteiger partial charge in [0, 0.05) is 31.9 Å². The van der Waals surface area contributed by atoms with Crippen molar-refractivity contribution in [2.75, 3.05) is 32.9 Å². The number of thioether (sulfide) groups is 1. The largest absolute Gasteiger partial charge is 0.355 e. The third-order valence-electron chi connectivity index (χ3n) is 4.31. The predicted molar refractivity (Wildman–Crippen MR) is 76.8 cm³/mol. The average molecular weight is 255 g/mol. The van der Waals surface area contributed by atoms with E-state index < -0.39 is 0 Å². The van der Waals surface area contributed by atoms with Crippen LogP contribution in [0.25, 0.3) is 0 Å². The van der Waals surface area contributed by atoms with Gasteiger partial charge in [0.1, 0.15) is 0 Å². The van der Waals surface area contributed by atoms with Crippen molar-refractivity contribution in [2.24, 2.45) is 10.4 Å². The van der Waals surface area contributed by atoms with Gasteiger partial charge in [0.15, 0.2) is 5.96 Å². The monoisotopic (exact) mass is 255 g/mol. The summed E-state index contributed by atoms with van der Waals surface area (Å²) in [6.45, 7) is 5.67. The second-order valence-corrected chi connectivity index (χ2v) is 6.78. The number of aliphatic imine (C=N–C) groups is 1. The summed E-state index contributed by atoms with van der Waals surface area (Å²) in [5.41, 5.74) is 0.655. The summed E-state index contributed by atoms with van der Waals surface area (Å²) in [4.78, 5) is 6.87. The van der Waals surface area contributed by atoms with Gasteiger partial charge in [-0.15, -0.1) is 0 Å². The predicted octanol–water partition coefficient (Wildman–Crippen LogP) is 2.19. The first-order valence-corrected chi connectivity index (χ1v) is 7.96. The van der Waals surface area contributed by atoms with Crippen molar-refractivity contribution >= 4 is 17.7 Å². The molecule has 98 valence electrons. The van der Waals surface area contributed by atoms with Gasteiger partial charge in [0.25, 0.3) is 0 Å². The van der Waals surface area contributed by atoms with Gasteiger partial charge in [-0.25, -0.2) is 0 Å². The highest BCUT2D eigenvalue weighted by molar-refractivity contribution is 7.99. The number of guanidine groups is 1. The van der Waals surface area contributed by atoms with E-state index in [0.717, 1.165) is 12.5 Å². The van der Waals surface area contributed by atoms with Crippen molar-refractivity contribution < 1.29 is 0 Å². The summed E-state index contributed by atoms with van der Waals surface area (Å²) < 4.78 is 0. The highest BCUT2D eigenvalue weighted by atomic mass is 32.2. The summed E-state index contributed by atoms with van der Waals surface area (Å²) in [6, 6.07) is 0. The van der Waals surface area contributed by atoms with Crippen LogP contribution in [0, 0.1) is 5.41 Å². The van der Waals surface area contributed by atoms with Crippen molar-refractivity contribution in [3.05, 3.63) is 0 Å². The summed E-state index contributed by atoms with van der Waals surface area (Å²) in [5.74, 6) is 1.11. The lowest BCUT2D eigenvalue weighted by Gasteiger charge is -2.38. The smallest absolute Gasteiger partial charge is 0.193 e. The molecule has 0 aromatic rings. The molecule has 1 atom stereocenters. The standard InChI is InChI=1S/C13H25N3S/c1-11(17-3)9-15-12(14-2)16-8-7-13(10-16)5-4-6-13/h11H,4-10H2,1-3H3,(H,14,15). The molecule has 0 aromatic heterocycles. The van der Waals surface area contributed by atoms with Gasteiger partial charge < -0.3 is 10.2 Å². The van der Waals surface area contributed by atoms with Gasteiger partial charge in [-0.2, -0.15) is 11.8 Å². The van der Waals surface area contributed by atoms with Crippen molar-refractivity contribution in [3.63, 3.8) is 0 Å². The Kier molecular flexibility index (Phi) is 4.23. The first-order valence-electron chi connectivity index (χ1n) is 6.67. The zero-order valence-corrected chi connectivity index (χ0v) is 12.1. The quantitative estimate of drug-likeness (QED) is 0.619. The molecule has 1 aliphatic carbocycles. The molecule has 1 aliphatic heterocycles. The number of likely N-dealkylation sites (tertiary alicyclic amines) is 1. The van der Waals surface area contributed by atoms with E-state index in [2.05, 4.69) is 28.4 Å². The minimum atomic E-state index is 0.645. The number of nitrogens with one attached hydrogen (secondary N) is 1. The Morgan fingerprint density at radius 2 is 2.24 bits per heavy atom. The summed E-state index contributed by atoms with van der Waals surface area (Å²) >= 11 is 1.90. The zero-order valence-electron chi connectivity index (χ0n) is 11.3. The van der Waals surface area contributed by atoms with Crippen LogP contribution < -0.4 is 5.32 Å². The van der Waals surface area contributed by atoms with Crippen molar-refractivity contribution in [3.8, 4) is 0 Å². The Balaban J connectivity index is 1.83. The molecule has 0 amide bonds. The molecule has 0 aromatic carbocycles. The second kappa shape index (κ2) is 5.51. The van der Waals surface area contributed by atoms with E-state index in [1.165, 1.54) is 38.8 Å². The van der Waals surface area contributed by atoms with E-state index in [4.69, 9.17) is 0 Å². The van der Waals surface area contributed by atoms with E-state index in [1.807, 2.05) is 18.8 Å². The third kappa shape index (κ3) is 2.90. The number of hydrogen-bond donors (Lipinski definition) is 1. The van der Waals surface area contributed by atoms with Crippen molar-refractivity contribution in [2.45, 2.75) is 37.9 Å². The van der Waals surface area contributed by atoms with Crippen LogP contribution in [0.2, 0.25) is 0 Å². The fourth-order valence-corrected chi connectivity index (χ4v) is 3.10. The lowest BCUT2D eigenvalue weighted by molar-refractivity contribution is 0.151. The molecule has 1 spiro atoms. The zero-order chi connectivity index (χ0) is 12.3. The van der Waals surface area contributed by atoms with Crippen LogP contribution >= 0.6 is 11.8 Å². The minimum absolute atomic E-state index is 0.645. The first-order chi connectivity index (χ1) is 8.19. The third-order valence-corrected chi connectivity index (χ3v) is 5.29. The molecule has 2 fully saturated rings. The second-order valence-electron chi connectivity index (χ2n) is 5.50. The molecular weight excluding hydrogens is 230 g/mol. The molecule has 1 heterocycles. The number of hydrogen-bond acceptors (Lipinski definition) is 2. The van der Waals surface area contributed by atoms with Crippen LogP contribution in [0.4, 0.5) is 0 Å². The Bertz CT molecular complexity index is 286. The van der Waals surface area contributed by atoms with Crippen LogP contribution in [-0.4, -0.2) is 49.0 Å². The molecule has 1 unspecified atom stereocenters. The van der Waals surface area contributed by atoms with Crippen LogP contribution in [0.3, 0.4) is 0 Å². The Labute approximate surface area is 109 Å². The SMILES string of the molecule is CN=C(NCC(C)SC)N1CCC2(CCC2)C1. The normalized spacial score (nSPS) is 24.9. The van der Waals surface area contributed by atoms with E-state index >= 15 is 0 Å². The van der Waals surface area contributed by atoms with Crippen molar-refractivity contribution in [1.29, 1.82) is 0 Å². The highest BCUT2D eigenvalue weighted by Gasteiger charge is 2.43. The van der Waals surface area contributed by atoms with E-state index in [9.17, 15) is 0 Å². The number of rotatable bonds is 3. The molecule has 1 saturated heterocycles. The molecule has 17 heavy (non-hydrogen) atoms. The molecule has 3 nitrogen and oxygen atoms in total. The number of nitrogens with zero attached hydrogens (tertiary/aromatic N) is 2. The maximum absolute atomic E-state index is 4.42. The molecule has 0 bridgehead atoms. The van der Waals surface area contributed by atoms with Gasteiger partial charge in [-0.3, -0.25) is 4.99 Å². The Morgan fingerprint density at radius 3 is 2.71 bits per heavy atom. The Morgan fingerprint density at radius 1 is 1.47 bits per heavy atom. The van der Waals surface area contributed by atoms with Gasteiger partial charge in [0.05, 0.1) is 0 Å². The topological polar surface area (TPSA) is 27.6 Å². The van der Waals surface area contributed by atoms with E-state index in [1.54, 1.807) is 0 Å². The molecule has 2 aliphatic rings. The minimum Gasteiger partial charge on any atom is -0.355 e. The first kappa shape index (κ1) is 13.1. The van der Waals surface area contributed by atoms with Gasteiger partial charge >= 0.3 is 0 Å². The molecule has 1 saturated carbocycles. The van der Waals surface area contributed by atoms with E-state index in [-0.39, 0.29) is 0 Å². The lowest BCUT2D eigenvalue weighted by Crippen LogP contribution is -2.44. The highest BCUT2D eigenvalue weighted by Crippen LogP contribution is 2.47. The molecular formula is C13H25N3S. The van der Waals surface area contributed by atoms with Gasteiger partial charge in [-0.1, -0.05) is 13.3 Å². The maximum atomic E-state index is 4.42. The van der Waals surface area contributed by atoms with Gasteiger partial charge in [0.2, 0.25) is 0 Å². The van der Waals surface area contributed by atoms with Crippen LogP contribution in [0.15, 0.2) is 4.99 Å². The van der Waals surface area contributed by atoms with E-state index in [0.29, 0.717) is 10.7 Å². The van der Waals surface area contributed by atoms with Crippen molar-refractivity contribution in [1.82, 2.24) is 10.2 Å².